The fourth-order valence-electron chi connectivity index (χ4n) is 4.21. The Balaban J connectivity index is 1.34. The van der Waals surface area contributed by atoms with Crippen molar-refractivity contribution in [3.05, 3.63) is 52.3 Å². The molecule has 1 unspecified atom stereocenters. The fourth-order valence-corrected chi connectivity index (χ4v) is 4.21. The van der Waals surface area contributed by atoms with Gasteiger partial charge in [0.05, 0.1) is 4.92 Å². The first kappa shape index (κ1) is 18.4. The van der Waals surface area contributed by atoms with E-state index < -0.39 is 4.92 Å². The molecule has 9 nitrogen and oxygen atoms in total. The van der Waals surface area contributed by atoms with Gasteiger partial charge in [-0.2, -0.15) is 5.10 Å². The summed E-state index contributed by atoms with van der Waals surface area (Å²) in [6.07, 6.45) is 5.97. The number of rotatable bonds is 6. The number of nitrogens with zero attached hydrogens (tertiary/aromatic N) is 4. The first-order valence-electron chi connectivity index (χ1n) is 9.43. The molecule has 3 heterocycles. The first-order chi connectivity index (χ1) is 13.5. The van der Waals surface area contributed by atoms with E-state index in [1.54, 1.807) is 24.4 Å². The second kappa shape index (κ2) is 7.59. The largest absolute Gasteiger partial charge is 0.464 e. The third kappa shape index (κ3) is 3.70. The molecule has 2 aromatic rings. The molecule has 2 aliphatic heterocycles. The number of benzene rings is 1. The van der Waals surface area contributed by atoms with Crippen LogP contribution in [0.1, 0.15) is 36.2 Å². The Bertz CT molecular complexity index is 869. The number of ether oxygens (including phenoxy) is 1. The summed E-state index contributed by atoms with van der Waals surface area (Å²) < 4.78 is 6.95. The average Bonchev–Trinajstić information content (AvgIpc) is 3.22. The number of hydrogen-bond donors (Lipinski definition) is 1. The normalized spacial score (nSPS) is 24.1. The highest BCUT2D eigenvalue weighted by molar-refractivity contribution is 5.92. The van der Waals surface area contributed by atoms with Crippen LogP contribution in [0.5, 0.6) is 5.75 Å². The number of hydrogen-bond acceptors (Lipinski definition) is 6. The monoisotopic (exact) mass is 385 g/mol. The van der Waals surface area contributed by atoms with Crippen molar-refractivity contribution >= 4 is 11.6 Å². The van der Waals surface area contributed by atoms with Gasteiger partial charge in [0.1, 0.15) is 5.69 Å². The maximum Gasteiger partial charge on any atom is 0.311 e. The molecule has 1 aromatic carbocycles. The minimum absolute atomic E-state index is 0.0174. The fraction of sp³-hybridized carbons (Fsp3) is 0.474. The van der Waals surface area contributed by atoms with Gasteiger partial charge in [-0.15, -0.1) is 0 Å². The van der Waals surface area contributed by atoms with E-state index in [0.29, 0.717) is 17.8 Å². The average molecular weight is 385 g/mol. The van der Waals surface area contributed by atoms with Crippen LogP contribution in [-0.4, -0.2) is 50.7 Å². The molecule has 2 fully saturated rings. The maximum absolute atomic E-state index is 12.5. The van der Waals surface area contributed by atoms with Crippen LogP contribution in [0.3, 0.4) is 0 Å². The molecule has 28 heavy (non-hydrogen) atoms. The van der Waals surface area contributed by atoms with Gasteiger partial charge < -0.3 is 15.0 Å². The third-order valence-corrected chi connectivity index (χ3v) is 5.72. The number of nitro benzene ring substituents is 1. The van der Waals surface area contributed by atoms with E-state index in [0.717, 1.165) is 12.8 Å². The number of piperidine rings is 1. The standard InChI is InChI=1S/C19H23N5O4/c1-22-14-6-7-15(22)11-13(10-14)20-19(25)16-8-9-23(21-16)12-28-18-5-3-2-4-17(18)24(26)27/h2-5,8-9,13-15H,6-7,10-12H2,1H3,(H,20,25)/t13?,14-,15+. The molecule has 2 bridgehead atoms. The van der Waals surface area contributed by atoms with Crippen molar-refractivity contribution in [1.82, 2.24) is 20.0 Å². The van der Waals surface area contributed by atoms with Crippen LogP contribution in [0.4, 0.5) is 5.69 Å². The zero-order chi connectivity index (χ0) is 19.7. The Morgan fingerprint density at radius 1 is 1.29 bits per heavy atom. The van der Waals surface area contributed by atoms with Gasteiger partial charge in [-0.05, 0) is 44.9 Å². The number of amides is 1. The SMILES string of the molecule is CN1[C@@H]2CC[C@H]1CC(NC(=O)c1ccn(COc3ccccc3[N+](=O)[O-])n1)C2. The number of nitro groups is 1. The summed E-state index contributed by atoms with van der Waals surface area (Å²) in [5.74, 6) is -0.0332. The van der Waals surface area contributed by atoms with E-state index in [-0.39, 0.29) is 30.1 Å². The van der Waals surface area contributed by atoms with E-state index in [1.165, 1.54) is 29.7 Å². The summed E-state index contributed by atoms with van der Waals surface area (Å²) >= 11 is 0. The molecule has 0 saturated carbocycles. The van der Waals surface area contributed by atoms with Gasteiger partial charge >= 0.3 is 5.69 Å². The highest BCUT2D eigenvalue weighted by atomic mass is 16.6. The molecule has 0 radical (unpaired) electrons. The van der Waals surface area contributed by atoms with Gasteiger partial charge in [0.25, 0.3) is 5.91 Å². The molecular formula is C19H23N5O4. The van der Waals surface area contributed by atoms with Gasteiger partial charge in [-0.3, -0.25) is 14.9 Å². The van der Waals surface area contributed by atoms with E-state index in [4.69, 9.17) is 4.74 Å². The second-order valence-corrected chi connectivity index (χ2v) is 7.43. The lowest BCUT2D eigenvalue weighted by Gasteiger charge is -2.36. The van der Waals surface area contributed by atoms with Crippen LogP contribution in [0.2, 0.25) is 0 Å². The van der Waals surface area contributed by atoms with Gasteiger partial charge in [0.15, 0.2) is 12.5 Å². The number of aromatic nitrogens is 2. The minimum Gasteiger partial charge on any atom is -0.464 e. The van der Waals surface area contributed by atoms with Crippen molar-refractivity contribution in [2.45, 2.75) is 50.5 Å². The molecule has 9 heteroatoms. The van der Waals surface area contributed by atoms with Crippen molar-refractivity contribution in [1.29, 1.82) is 0 Å². The third-order valence-electron chi connectivity index (χ3n) is 5.72. The molecule has 1 amide bonds. The summed E-state index contributed by atoms with van der Waals surface area (Å²) in [6, 6.07) is 9.07. The number of nitrogens with one attached hydrogen (secondary N) is 1. The number of carbonyl (C=O) groups is 1. The molecule has 2 aliphatic rings. The molecular weight excluding hydrogens is 362 g/mol. The van der Waals surface area contributed by atoms with Gasteiger partial charge in [-0.25, -0.2) is 4.68 Å². The summed E-state index contributed by atoms with van der Waals surface area (Å²) in [7, 11) is 2.17. The van der Waals surface area contributed by atoms with Gasteiger partial charge in [0.2, 0.25) is 0 Å². The second-order valence-electron chi connectivity index (χ2n) is 7.43. The minimum atomic E-state index is -0.494. The van der Waals surface area contributed by atoms with Crippen molar-refractivity contribution in [2.24, 2.45) is 0 Å². The van der Waals surface area contributed by atoms with Crippen molar-refractivity contribution in [3.8, 4) is 5.75 Å². The molecule has 0 spiro atoms. The smallest absolute Gasteiger partial charge is 0.311 e. The summed E-state index contributed by atoms with van der Waals surface area (Å²) in [5.41, 5.74) is 0.210. The van der Waals surface area contributed by atoms with Crippen molar-refractivity contribution in [2.75, 3.05) is 7.05 Å². The summed E-state index contributed by atoms with van der Waals surface area (Å²) in [6.45, 7) is -0.0174. The Labute approximate surface area is 162 Å². The summed E-state index contributed by atoms with van der Waals surface area (Å²) in [5, 5.41) is 18.4. The summed E-state index contributed by atoms with van der Waals surface area (Å²) in [4.78, 5) is 25.5. The predicted octanol–water partition coefficient (Wildman–Crippen LogP) is 2.18. The quantitative estimate of drug-likeness (QED) is 0.604. The van der Waals surface area contributed by atoms with E-state index in [1.807, 2.05) is 0 Å². The molecule has 2 saturated heterocycles. The first-order valence-corrected chi connectivity index (χ1v) is 9.43. The molecule has 1 N–H and O–H groups in total. The molecule has 0 aliphatic carbocycles. The molecule has 4 rings (SSSR count). The number of carbonyl (C=O) groups excluding carboxylic acids is 1. The lowest BCUT2D eigenvalue weighted by atomic mass is 9.98. The van der Waals surface area contributed by atoms with E-state index in [2.05, 4.69) is 22.4 Å². The van der Waals surface area contributed by atoms with Crippen LogP contribution in [0.15, 0.2) is 36.5 Å². The van der Waals surface area contributed by atoms with Gasteiger partial charge in [-0.1, -0.05) is 12.1 Å². The zero-order valence-electron chi connectivity index (χ0n) is 15.7. The van der Waals surface area contributed by atoms with Gasteiger partial charge in [0, 0.05) is 30.4 Å². The number of para-hydroxylation sites is 2. The highest BCUT2D eigenvalue weighted by Crippen LogP contribution is 2.34. The van der Waals surface area contributed by atoms with Crippen molar-refractivity contribution < 1.29 is 14.5 Å². The Morgan fingerprint density at radius 2 is 2.00 bits per heavy atom. The number of fused-ring (bicyclic) bond motifs is 2. The van der Waals surface area contributed by atoms with Crippen LogP contribution < -0.4 is 10.1 Å². The Kier molecular flexibility index (Phi) is 4.99. The lowest BCUT2D eigenvalue weighted by Crippen LogP contribution is -2.48. The Morgan fingerprint density at radius 3 is 2.71 bits per heavy atom. The van der Waals surface area contributed by atoms with Crippen LogP contribution in [-0.2, 0) is 6.73 Å². The van der Waals surface area contributed by atoms with Crippen LogP contribution >= 0.6 is 0 Å². The Hall–Kier alpha value is -2.94. The molecule has 3 atom stereocenters. The topological polar surface area (TPSA) is 103 Å². The van der Waals surface area contributed by atoms with Crippen LogP contribution in [0, 0.1) is 10.1 Å². The predicted molar refractivity (Wildman–Crippen MR) is 101 cm³/mol. The highest BCUT2D eigenvalue weighted by Gasteiger charge is 2.38. The van der Waals surface area contributed by atoms with Crippen molar-refractivity contribution in [3.63, 3.8) is 0 Å². The zero-order valence-corrected chi connectivity index (χ0v) is 15.7. The lowest BCUT2D eigenvalue weighted by molar-refractivity contribution is -0.386. The maximum atomic E-state index is 12.5. The van der Waals surface area contributed by atoms with Crippen LogP contribution in [0.25, 0.3) is 0 Å². The van der Waals surface area contributed by atoms with E-state index in [9.17, 15) is 14.9 Å². The molecule has 148 valence electrons. The van der Waals surface area contributed by atoms with E-state index >= 15 is 0 Å². The molecule has 1 aromatic heterocycles.